The van der Waals surface area contributed by atoms with E-state index in [4.69, 9.17) is 5.73 Å². The van der Waals surface area contributed by atoms with Crippen molar-refractivity contribution in [1.82, 2.24) is 14.3 Å². The molecule has 0 fully saturated rings. The molecule has 0 saturated carbocycles. The second kappa shape index (κ2) is 10.2. The molecule has 0 bridgehead atoms. The van der Waals surface area contributed by atoms with Crippen molar-refractivity contribution < 1.29 is 44.5 Å². The summed E-state index contributed by atoms with van der Waals surface area (Å²) >= 11 is 0. The summed E-state index contributed by atoms with van der Waals surface area (Å²) in [5, 5.41) is 2.31. The minimum Gasteiger partial charge on any atom is -0.483 e. The molecule has 3 heterocycles. The van der Waals surface area contributed by atoms with E-state index in [2.05, 4.69) is 29.4 Å². The Hall–Kier alpha value is -3.70. The fraction of sp³-hybridized carbons (Fsp3) is 0.400. The van der Waals surface area contributed by atoms with Crippen LogP contribution in [-0.2, 0) is 15.5 Å². The third kappa shape index (κ3) is 6.99. The number of aliphatic imine (C=N–C) groups is 1. The fourth-order valence-corrected chi connectivity index (χ4v) is 5.30. The molecule has 0 aliphatic carbocycles. The van der Waals surface area contributed by atoms with Crippen LogP contribution >= 0.6 is 0 Å². The Labute approximate surface area is 211 Å². The van der Waals surface area contributed by atoms with Crippen LogP contribution in [0.25, 0.3) is 0 Å². The standard InChI is InChI=1S/C20H20F7N7O3S/c1-18(10-38(36,30-8-19(22,23)24)34(2)17(28)33-18)15-12(21)4-6-14(31-15)32-16(35)13-5-3-11(7-29-13)37-9-20(25,26)27/h3-7H,8-10H2,1-2H3,(H2,28,33)(H,31,32,35)/t18-,38+/m0/s1. The zero-order valence-electron chi connectivity index (χ0n) is 19.6. The summed E-state index contributed by atoms with van der Waals surface area (Å²) in [6.45, 7) is -2.05. The van der Waals surface area contributed by atoms with E-state index in [0.717, 1.165) is 41.8 Å². The highest BCUT2D eigenvalue weighted by Crippen LogP contribution is 2.34. The maximum absolute atomic E-state index is 14.8. The summed E-state index contributed by atoms with van der Waals surface area (Å²) in [4.78, 5) is 24.3. The second-order valence-electron chi connectivity index (χ2n) is 8.16. The molecule has 1 aliphatic heterocycles. The predicted molar refractivity (Wildman–Crippen MR) is 121 cm³/mol. The number of anilines is 1. The van der Waals surface area contributed by atoms with Crippen LogP contribution in [0.3, 0.4) is 0 Å². The Kier molecular flexibility index (Phi) is 7.76. The molecule has 2 aromatic heterocycles. The Morgan fingerprint density at radius 1 is 1.21 bits per heavy atom. The molecule has 2 aromatic rings. The highest BCUT2D eigenvalue weighted by atomic mass is 32.2. The monoisotopic (exact) mass is 571 g/mol. The van der Waals surface area contributed by atoms with Crippen LogP contribution in [0.15, 0.2) is 39.8 Å². The maximum Gasteiger partial charge on any atom is 0.422 e. The first-order valence-corrected chi connectivity index (χ1v) is 12.1. The number of hydrogen-bond donors (Lipinski definition) is 2. The van der Waals surface area contributed by atoms with Crippen LogP contribution in [0, 0.1) is 5.82 Å². The van der Waals surface area contributed by atoms with E-state index in [1.165, 1.54) is 6.92 Å². The van der Waals surface area contributed by atoms with Gasteiger partial charge in [-0.05, 0) is 31.2 Å². The van der Waals surface area contributed by atoms with E-state index >= 15 is 0 Å². The molecule has 0 radical (unpaired) electrons. The van der Waals surface area contributed by atoms with Gasteiger partial charge in [-0.15, -0.1) is 0 Å². The van der Waals surface area contributed by atoms with Gasteiger partial charge in [-0.3, -0.25) is 9.10 Å². The average molecular weight is 571 g/mol. The first-order chi connectivity index (χ1) is 17.4. The van der Waals surface area contributed by atoms with Crippen molar-refractivity contribution in [2.45, 2.75) is 24.8 Å². The average Bonchev–Trinajstić information content (AvgIpc) is 2.80. The number of rotatable bonds is 6. The van der Waals surface area contributed by atoms with Crippen molar-refractivity contribution in [1.29, 1.82) is 0 Å². The number of pyridine rings is 2. The Morgan fingerprint density at radius 2 is 1.89 bits per heavy atom. The smallest absolute Gasteiger partial charge is 0.422 e. The van der Waals surface area contributed by atoms with Gasteiger partial charge < -0.3 is 15.8 Å². The minimum atomic E-state index is -4.75. The number of aromatic nitrogens is 2. The molecule has 3 N–H and O–H groups in total. The van der Waals surface area contributed by atoms with Crippen LogP contribution in [0.2, 0.25) is 0 Å². The molecule has 2 atom stereocenters. The van der Waals surface area contributed by atoms with Gasteiger partial charge in [0.05, 0.1) is 11.9 Å². The summed E-state index contributed by atoms with van der Waals surface area (Å²) in [5.41, 5.74) is 3.20. The Balaban J connectivity index is 1.86. The van der Waals surface area contributed by atoms with Gasteiger partial charge in [0.1, 0.15) is 50.8 Å². The quantitative estimate of drug-likeness (QED) is 0.512. The highest BCUT2D eigenvalue weighted by molar-refractivity contribution is 7.92. The number of nitrogens with zero attached hydrogens (tertiary/aromatic N) is 5. The highest BCUT2D eigenvalue weighted by Gasteiger charge is 2.43. The number of ether oxygens (including phenoxy) is 1. The lowest BCUT2D eigenvalue weighted by Gasteiger charge is -2.36. The SMILES string of the molecule is CN1C(N)=N[C@](C)(c2nc(NC(=O)c3ccc(OCC(F)(F)F)cn3)ccc2F)C[S@@]1(=O)=NCC(F)(F)F. The molecule has 3 rings (SSSR count). The lowest BCUT2D eigenvalue weighted by Crippen LogP contribution is -2.51. The van der Waals surface area contributed by atoms with Gasteiger partial charge in [0.15, 0.2) is 6.61 Å². The van der Waals surface area contributed by atoms with Crippen LogP contribution < -0.4 is 15.8 Å². The second-order valence-corrected chi connectivity index (χ2v) is 10.5. The molecule has 1 amide bonds. The van der Waals surface area contributed by atoms with Crippen LogP contribution in [0.1, 0.15) is 23.1 Å². The van der Waals surface area contributed by atoms with Gasteiger partial charge in [-0.1, -0.05) is 0 Å². The van der Waals surface area contributed by atoms with Gasteiger partial charge >= 0.3 is 12.4 Å². The maximum atomic E-state index is 14.8. The van der Waals surface area contributed by atoms with Crippen molar-refractivity contribution >= 4 is 27.6 Å². The van der Waals surface area contributed by atoms with Crippen LogP contribution in [-0.4, -0.2) is 68.7 Å². The fourth-order valence-electron chi connectivity index (χ4n) is 3.23. The minimum absolute atomic E-state index is 0.238. The van der Waals surface area contributed by atoms with Gasteiger partial charge in [0.25, 0.3) is 5.91 Å². The van der Waals surface area contributed by atoms with E-state index in [0.29, 0.717) is 0 Å². The number of carbonyl (C=O) groups is 1. The van der Waals surface area contributed by atoms with E-state index in [1.54, 1.807) is 0 Å². The number of nitrogens with one attached hydrogen (secondary N) is 1. The molecule has 208 valence electrons. The number of alkyl halides is 6. The number of halogens is 7. The van der Waals surface area contributed by atoms with Gasteiger partial charge in [0, 0.05) is 7.05 Å². The van der Waals surface area contributed by atoms with E-state index < -0.39 is 70.1 Å². The summed E-state index contributed by atoms with van der Waals surface area (Å²) < 4.78 is 112. The summed E-state index contributed by atoms with van der Waals surface area (Å²) in [6.07, 6.45) is -8.43. The zero-order valence-corrected chi connectivity index (χ0v) is 20.4. The number of carbonyl (C=O) groups excluding carboxylic acids is 1. The first-order valence-electron chi connectivity index (χ1n) is 10.4. The molecule has 38 heavy (non-hydrogen) atoms. The normalized spacial score (nSPS) is 22.0. The molecule has 0 spiro atoms. The van der Waals surface area contributed by atoms with Crippen molar-refractivity contribution in [2.24, 2.45) is 15.1 Å². The largest absolute Gasteiger partial charge is 0.483 e. The third-order valence-corrected chi connectivity index (χ3v) is 7.51. The molecule has 10 nitrogen and oxygen atoms in total. The number of guanidine groups is 1. The Bertz CT molecular complexity index is 1360. The van der Waals surface area contributed by atoms with Crippen molar-refractivity contribution in [3.8, 4) is 5.75 Å². The number of amides is 1. The topological polar surface area (TPSA) is 135 Å². The molecule has 0 saturated heterocycles. The van der Waals surface area contributed by atoms with E-state index in [-0.39, 0.29) is 17.3 Å². The van der Waals surface area contributed by atoms with Crippen LogP contribution in [0.4, 0.5) is 36.6 Å². The lowest BCUT2D eigenvalue weighted by atomic mass is 10.00. The molecule has 18 heteroatoms. The summed E-state index contributed by atoms with van der Waals surface area (Å²) in [5.74, 6) is -3.51. The van der Waals surface area contributed by atoms with E-state index in [9.17, 15) is 39.7 Å². The van der Waals surface area contributed by atoms with Gasteiger partial charge in [0.2, 0.25) is 5.96 Å². The third-order valence-electron chi connectivity index (χ3n) is 5.00. The number of nitrogens with two attached hydrogens (primary N) is 1. The molecular weight excluding hydrogens is 551 g/mol. The first kappa shape index (κ1) is 28.9. The van der Waals surface area contributed by atoms with Gasteiger partial charge in [-0.2, -0.15) is 26.3 Å². The van der Waals surface area contributed by atoms with Crippen molar-refractivity contribution in [3.63, 3.8) is 0 Å². The van der Waals surface area contributed by atoms with Crippen molar-refractivity contribution in [2.75, 3.05) is 31.3 Å². The molecule has 1 aliphatic rings. The summed E-state index contributed by atoms with van der Waals surface area (Å²) in [6, 6.07) is 4.11. The lowest BCUT2D eigenvalue weighted by molar-refractivity contribution is -0.153. The van der Waals surface area contributed by atoms with Crippen LogP contribution in [0.5, 0.6) is 5.75 Å². The molecular formula is C20H20F7N7O3S. The molecule has 0 unspecified atom stereocenters. The van der Waals surface area contributed by atoms with Crippen molar-refractivity contribution in [3.05, 3.63) is 47.7 Å². The van der Waals surface area contributed by atoms with E-state index in [1.807, 2.05) is 0 Å². The van der Waals surface area contributed by atoms with Gasteiger partial charge in [-0.25, -0.2) is 27.9 Å². The number of hydrogen-bond acceptors (Lipinski definition) is 8. The zero-order chi connectivity index (χ0) is 28.5. The predicted octanol–water partition coefficient (Wildman–Crippen LogP) is 3.23. The molecule has 0 aromatic carbocycles. The summed E-state index contributed by atoms with van der Waals surface area (Å²) in [7, 11) is -2.69. The Morgan fingerprint density at radius 3 is 2.47 bits per heavy atom.